The smallest absolute Gasteiger partial charge is 0.252 e. The Kier molecular flexibility index (Phi) is 9.51. The highest BCUT2D eigenvalue weighted by molar-refractivity contribution is 6.01. The number of nitrogens with one attached hydrogen (secondary N) is 1. The number of amides is 1. The van der Waals surface area contributed by atoms with Gasteiger partial charge < -0.3 is 19.9 Å². The first-order chi connectivity index (χ1) is 19.5. The Balaban J connectivity index is 1.71. The number of carbonyl (C=O) groups is 1. The number of benzene rings is 3. The third-order valence-electron chi connectivity index (χ3n) is 6.49. The number of ether oxygens (including phenoxy) is 2. The molecule has 0 bridgehead atoms. The number of aliphatic hydroxyl groups excluding tert-OH is 1. The molecule has 1 aliphatic heterocycles. The molecule has 0 saturated heterocycles. The molecule has 4 rings (SSSR count). The summed E-state index contributed by atoms with van der Waals surface area (Å²) < 4.78 is 25.4. The first-order valence-corrected chi connectivity index (χ1v) is 12.8. The van der Waals surface area contributed by atoms with Gasteiger partial charge in [-0.3, -0.25) is 4.79 Å². The average molecular weight is 544 g/mol. The van der Waals surface area contributed by atoms with Crippen molar-refractivity contribution in [2.45, 2.75) is 37.6 Å². The Labute approximate surface area is 231 Å². The molecule has 10 heteroatoms. The van der Waals surface area contributed by atoms with E-state index in [1.54, 1.807) is 42.5 Å². The summed E-state index contributed by atoms with van der Waals surface area (Å²) in [6.45, 7) is 4.54. The zero-order chi connectivity index (χ0) is 28.4. The van der Waals surface area contributed by atoms with Gasteiger partial charge in [-0.05, 0) is 58.6 Å². The van der Waals surface area contributed by atoms with E-state index in [2.05, 4.69) is 21.9 Å². The number of carbonyl (C=O) groups excluding carboxylic acids is 1. The van der Waals surface area contributed by atoms with Gasteiger partial charge in [0.1, 0.15) is 11.6 Å². The van der Waals surface area contributed by atoms with Crippen LogP contribution in [0.5, 0.6) is 5.75 Å². The number of aliphatic imine (C=N–C) groups is 1. The van der Waals surface area contributed by atoms with Gasteiger partial charge in [0.15, 0.2) is 11.6 Å². The maximum Gasteiger partial charge on any atom is 0.252 e. The van der Waals surface area contributed by atoms with Gasteiger partial charge in [0.2, 0.25) is 5.90 Å². The van der Waals surface area contributed by atoms with Gasteiger partial charge in [0.05, 0.1) is 13.2 Å². The van der Waals surface area contributed by atoms with E-state index in [9.17, 15) is 9.18 Å². The number of hydrogen-bond acceptors (Lipinski definition) is 6. The molecule has 0 unspecified atom stereocenters. The zero-order valence-corrected chi connectivity index (χ0v) is 21.9. The molecular formula is C30H30FN5O4. The van der Waals surface area contributed by atoms with Gasteiger partial charge in [-0.2, -0.15) is 0 Å². The molecule has 0 spiro atoms. The normalized spacial score (nSPS) is 17.8. The van der Waals surface area contributed by atoms with E-state index in [-0.39, 0.29) is 43.7 Å². The highest BCUT2D eigenvalue weighted by atomic mass is 19.1. The maximum absolute atomic E-state index is 13.9. The van der Waals surface area contributed by atoms with E-state index in [0.717, 1.165) is 5.56 Å². The van der Waals surface area contributed by atoms with Gasteiger partial charge in [-0.15, -0.1) is 6.58 Å². The molecule has 1 heterocycles. The molecule has 0 saturated carbocycles. The van der Waals surface area contributed by atoms with Crippen LogP contribution < -0.4 is 10.1 Å². The molecule has 40 heavy (non-hydrogen) atoms. The molecule has 3 aromatic carbocycles. The number of halogens is 1. The first-order valence-electron chi connectivity index (χ1n) is 12.8. The Morgan fingerprint density at radius 3 is 2.65 bits per heavy atom. The third-order valence-corrected chi connectivity index (χ3v) is 6.49. The minimum atomic E-state index is -1.42. The van der Waals surface area contributed by atoms with Gasteiger partial charge in [0.25, 0.3) is 5.91 Å². The van der Waals surface area contributed by atoms with E-state index in [1.807, 2.05) is 24.3 Å². The molecule has 0 aliphatic carbocycles. The number of hydrogen-bond donors (Lipinski definition) is 2. The highest BCUT2D eigenvalue weighted by Gasteiger charge is 2.52. The summed E-state index contributed by atoms with van der Waals surface area (Å²) in [5.41, 5.74) is 10.2. The molecule has 2 N–H and O–H groups in total. The first kappa shape index (κ1) is 28.4. The molecule has 0 fully saturated rings. The van der Waals surface area contributed by atoms with Crippen molar-refractivity contribution in [1.82, 2.24) is 5.32 Å². The van der Waals surface area contributed by atoms with Crippen LogP contribution in [-0.2, 0) is 22.6 Å². The molecule has 206 valence electrons. The zero-order valence-electron chi connectivity index (χ0n) is 21.9. The molecule has 3 aromatic rings. The highest BCUT2D eigenvalue weighted by Crippen LogP contribution is 2.44. The molecule has 1 aliphatic rings. The predicted octanol–water partition coefficient (Wildman–Crippen LogP) is 5.55. The van der Waals surface area contributed by atoms with Crippen LogP contribution in [0.1, 0.15) is 41.2 Å². The lowest BCUT2D eigenvalue weighted by Gasteiger charge is -2.30. The van der Waals surface area contributed by atoms with Crippen molar-refractivity contribution >= 4 is 11.8 Å². The van der Waals surface area contributed by atoms with Crippen LogP contribution >= 0.6 is 0 Å². The SMILES string of the molecule is C=CC[C@@]1(C(=O)NCc2ccc(F)cc2)N=C(c2ccc(OCCCO)cc2)O[C@@H]1c1ccccc1CN=[N+]=[N-]. The van der Waals surface area contributed by atoms with Crippen LogP contribution in [0.4, 0.5) is 4.39 Å². The Hall–Kier alpha value is -4.66. The topological polar surface area (TPSA) is 129 Å². The van der Waals surface area contributed by atoms with E-state index < -0.39 is 11.6 Å². The molecular weight excluding hydrogens is 513 g/mol. The monoisotopic (exact) mass is 543 g/mol. The van der Waals surface area contributed by atoms with Gasteiger partial charge in [-0.1, -0.05) is 47.6 Å². The standard InChI is InChI=1S/C30H30FN5O4/c1-2-16-30(29(38)33-19-21-8-12-24(31)13-9-21)27(26-7-4-3-6-23(26)20-34-36-32)40-28(35-30)22-10-14-25(15-11-22)39-18-5-17-37/h2-4,6-15,27,37H,1,5,16-20H2,(H,33,38)/t27-,30-/m1/s1. The van der Waals surface area contributed by atoms with Crippen molar-refractivity contribution in [3.8, 4) is 5.75 Å². The van der Waals surface area contributed by atoms with Crippen molar-refractivity contribution in [2.75, 3.05) is 13.2 Å². The summed E-state index contributed by atoms with van der Waals surface area (Å²) in [7, 11) is 0. The minimum absolute atomic E-state index is 0.0415. The van der Waals surface area contributed by atoms with E-state index in [4.69, 9.17) is 25.1 Å². The Bertz CT molecular complexity index is 1400. The van der Waals surface area contributed by atoms with Crippen molar-refractivity contribution < 1.29 is 23.8 Å². The minimum Gasteiger partial charge on any atom is -0.494 e. The number of azide groups is 1. The summed E-state index contributed by atoms with van der Waals surface area (Å²) >= 11 is 0. The van der Waals surface area contributed by atoms with Crippen molar-refractivity contribution in [3.63, 3.8) is 0 Å². The summed E-state index contributed by atoms with van der Waals surface area (Å²) in [5, 5.41) is 15.6. The number of nitrogens with zero attached hydrogens (tertiary/aromatic N) is 4. The number of rotatable bonds is 13. The van der Waals surface area contributed by atoms with Crippen LogP contribution in [0.2, 0.25) is 0 Å². The molecule has 9 nitrogen and oxygen atoms in total. The van der Waals surface area contributed by atoms with Gasteiger partial charge in [-0.25, -0.2) is 9.38 Å². The van der Waals surface area contributed by atoms with Gasteiger partial charge >= 0.3 is 0 Å². The number of aliphatic hydroxyl groups is 1. The quantitative estimate of drug-likeness (QED) is 0.0963. The fourth-order valence-corrected chi connectivity index (χ4v) is 4.49. The Morgan fingerprint density at radius 1 is 1.20 bits per heavy atom. The van der Waals surface area contributed by atoms with Crippen LogP contribution in [0, 0.1) is 5.82 Å². The van der Waals surface area contributed by atoms with Crippen LogP contribution in [-0.4, -0.2) is 35.7 Å². The van der Waals surface area contributed by atoms with E-state index in [0.29, 0.717) is 35.5 Å². The van der Waals surface area contributed by atoms with Crippen molar-refractivity contribution in [1.29, 1.82) is 0 Å². The second-order valence-corrected chi connectivity index (χ2v) is 9.18. The van der Waals surface area contributed by atoms with Crippen LogP contribution in [0.3, 0.4) is 0 Å². The fraction of sp³-hybridized carbons (Fsp3) is 0.267. The fourth-order valence-electron chi connectivity index (χ4n) is 4.49. The van der Waals surface area contributed by atoms with E-state index in [1.165, 1.54) is 12.1 Å². The molecule has 1 amide bonds. The van der Waals surface area contributed by atoms with Crippen molar-refractivity contribution in [2.24, 2.45) is 10.1 Å². The van der Waals surface area contributed by atoms with Gasteiger partial charge in [0, 0.05) is 36.5 Å². The summed E-state index contributed by atoms with van der Waals surface area (Å²) in [5.74, 6) is 0.142. The summed E-state index contributed by atoms with van der Waals surface area (Å²) in [6, 6.07) is 20.3. The van der Waals surface area contributed by atoms with Crippen LogP contribution in [0.25, 0.3) is 10.4 Å². The maximum atomic E-state index is 13.9. The lowest BCUT2D eigenvalue weighted by molar-refractivity contribution is -0.129. The molecule has 0 radical (unpaired) electrons. The van der Waals surface area contributed by atoms with E-state index >= 15 is 0 Å². The Morgan fingerprint density at radius 2 is 1.95 bits per heavy atom. The lowest BCUT2D eigenvalue weighted by atomic mass is 9.82. The molecule has 0 aromatic heterocycles. The molecule has 2 atom stereocenters. The third kappa shape index (κ3) is 6.48. The second kappa shape index (κ2) is 13.4. The lowest BCUT2D eigenvalue weighted by Crippen LogP contribution is -2.48. The average Bonchev–Trinajstić information content (AvgIpc) is 3.36. The van der Waals surface area contributed by atoms with Crippen LogP contribution in [0.15, 0.2) is 95.6 Å². The summed E-state index contributed by atoms with van der Waals surface area (Å²) in [4.78, 5) is 21.7. The largest absolute Gasteiger partial charge is 0.494 e. The summed E-state index contributed by atoms with van der Waals surface area (Å²) in [6.07, 6.45) is 1.45. The second-order valence-electron chi connectivity index (χ2n) is 9.18. The van der Waals surface area contributed by atoms with Crippen molar-refractivity contribution in [3.05, 3.63) is 124 Å². The predicted molar refractivity (Wildman–Crippen MR) is 149 cm³/mol.